The van der Waals surface area contributed by atoms with E-state index >= 15 is 0 Å². The first-order valence-corrected chi connectivity index (χ1v) is 7.74. The van der Waals surface area contributed by atoms with E-state index in [1.54, 1.807) is 0 Å². The van der Waals surface area contributed by atoms with Gasteiger partial charge in [-0.2, -0.15) is 0 Å². The maximum absolute atomic E-state index is 3.89. The summed E-state index contributed by atoms with van der Waals surface area (Å²) in [7, 11) is 0. The molecule has 1 aliphatic heterocycles. The first-order chi connectivity index (χ1) is 9.81. The molecule has 0 amide bonds. The van der Waals surface area contributed by atoms with E-state index in [1.165, 1.54) is 16.8 Å². The van der Waals surface area contributed by atoms with Crippen molar-refractivity contribution in [1.29, 1.82) is 0 Å². The molecular weight excluding hydrogens is 254 g/mol. The summed E-state index contributed by atoms with van der Waals surface area (Å²) in [4.78, 5) is 0. The van der Waals surface area contributed by atoms with Gasteiger partial charge in [0, 0.05) is 11.1 Å². The van der Waals surface area contributed by atoms with Crippen LogP contribution >= 0.6 is 0 Å². The summed E-state index contributed by atoms with van der Waals surface area (Å²) < 4.78 is 0. The van der Waals surface area contributed by atoms with Crippen LogP contribution in [0.2, 0.25) is 0 Å². The number of nitrogens with one attached hydrogen (secondary N) is 1. The fraction of sp³-hybridized carbons (Fsp3) is 0.400. The average molecular weight is 279 g/mol. The molecule has 1 heteroatoms. The zero-order valence-electron chi connectivity index (χ0n) is 13.7. The van der Waals surface area contributed by atoms with Crippen LogP contribution in [0, 0.1) is 5.41 Å². The Morgan fingerprint density at radius 2 is 1.38 bits per heavy atom. The molecule has 1 heterocycles. The van der Waals surface area contributed by atoms with Crippen molar-refractivity contribution in [1.82, 2.24) is 0 Å². The molecule has 2 aromatic rings. The number of hydrogen-bond acceptors (Lipinski definition) is 1. The summed E-state index contributed by atoms with van der Waals surface area (Å²) in [5, 5.41) is 3.89. The third-order valence-corrected chi connectivity index (χ3v) is 5.19. The van der Waals surface area contributed by atoms with E-state index in [0.29, 0.717) is 0 Å². The molecule has 1 unspecified atom stereocenters. The standard InChI is InChI=1S/C20H25N/c1-18(2,3)20(15-11-7-6-8-12-15)19(4,5)16-13-9-10-14-17(16)21-20/h6-14,21H,1-5H3. The highest BCUT2D eigenvalue weighted by Crippen LogP contribution is 2.59. The van der Waals surface area contributed by atoms with Gasteiger partial charge in [0.05, 0.1) is 5.54 Å². The van der Waals surface area contributed by atoms with Crippen molar-refractivity contribution in [2.24, 2.45) is 5.41 Å². The van der Waals surface area contributed by atoms with E-state index in [4.69, 9.17) is 0 Å². The molecule has 1 N–H and O–H groups in total. The normalized spacial score (nSPS) is 23.5. The lowest BCUT2D eigenvalue weighted by atomic mass is 9.56. The lowest BCUT2D eigenvalue weighted by Gasteiger charge is -2.51. The van der Waals surface area contributed by atoms with Gasteiger partial charge in [-0.1, -0.05) is 83.1 Å². The molecule has 0 aliphatic carbocycles. The summed E-state index contributed by atoms with van der Waals surface area (Å²) in [6.07, 6.45) is 0. The highest BCUT2D eigenvalue weighted by Gasteiger charge is 2.58. The molecule has 0 bridgehead atoms. The molecule has 2 aromatic carbocycles. The van der Waals surface area contributed by atoms with Crippen LogP contribution in [0.25, 0.3) is 0 Å². The summed E-state index contributed by atoms with van der Waals surface area (Å²) in [5.74, 6) is 0. The Hall–Kier alpha value is -1.76. The number of fused-ring (bicyclic) bond motifs is 1. The van der Waals surface area contributed by atoms with Crippen LogP contribution in [0.1, 0.15) is 45.7 Å². The van der Waals surface area contributed by atoms with Gasteiger partial charge in [-0.3, -0.25) is 0 Å². The Labute approximate surface area is 128 Å². The molecule has 0 radical (unpaired) electrons. The van der Waals surface area contributed by atoms with Crippen LogP contribution in [0.15, 0.2) is 54.6 Å². The largest absolute Gasteiger partial charge is 0.374 e. The second-order valence-electron chi connectivity index (χ2n) is 7.66. The van der Waals surface area contributed by atoms with E-state index < -0.39 is 0 Å². The van der Waals surface area contributed by atoms with E-state index in [2.05, 4.69) is 94.5 Å². The number of rotatable bonds is 1. The van der Waals surface area contributed by atoms with Crippen LogP contribution in [0.5, 0.6) is 0 Å². The Morgan fingerprint density at radius 3 is 1.95 bits per heavy atom. The molecule has 110 valence electrons. The second kappa shape index (κ2) is 4.37. The lowest BCUT2D eigenvalue weighted by molar-refractivity contribution is 0.134. The van der Waals surface area contributed by atoms with Gasteiger partial charge in [-0.15, -0.1) is 0 Å². The molecule has 0 saturated heterocycles. The molecular formula is C20H25N. The van der Waals surface area contributed by atoms with E-state index in [9.17, 15) is 0 Å². The second-order valence-corrected chi connectivity index (χ2v) is 7.66. The van der Waals surface area contributed by atoms with Gasteiger partial charge >= 0.3 is 0 Å². The maximum atomic E-state index is 3.89. The van der Waals surface area contributed by atoms with Crippen LogP contribution in [0.3, 0.4) is 0 Å². The number of anilines is 1. The Bertz CT molecular complexity index is 649. The summed E-state index contributed by atoms with van der Waals surface area (Å²) in [6.45, 7) is 11.7. The molecule has 1 atom stereocenters. The first kappa shape index (κ1) is 14.2. The van der Waals surface area contributed by atoms with E-state index in [0.717, 1.165) is 0 Å². The van der Waals surface area contributed by atoms with Gasteiger partial charge in [0.15, 0.2) is 0 Å². The van der Waals surface area contributed by atoms with Crippen molar-refractivity contribution < 1.29 is 0 Å². The summed E-state index contributed by atoms with van der Waals surface area (Å²) >= 11 is 0. The average Bonchev–Trinajstić information content (AvgIpc) is 2.69. The molecule has 0 spiro atoms. The summed E-state index contributed by atoms with van der Waals surface area (Å²) in [6, 6.07) is 19.6. The van der Waals surface area contributed by atoms with Crippen molar-refractivity contribution in [3.8, 4) is 0 Å². The molecule has 3 rings (SSSR count). The van der Waals surface area contributed by atoms with Crippen LogP contribution in [0.4, 0.5) is 5.69 Å². The van der Waals surface area contributed by atoms with Crippen LogP contribution < -0.4 is 5.32 Å². The summed E-state index contributed by atoms with van der Waals surface area (Å²) in [5.41, 5.74) is 4.01. The number of benzene rings is 2. The van der Waals surface area contributed by atoms with Crippen molar-refractivity contribution in [2.75, 3.05) is 5.32 Å². The highest BCUT2D eigenvalue weighted by atomic mass is 15.1. The fourth-order valence-electron chi connectivity index (χ4n) is 4.38. The Kier molecular flexibility index (Phi) is 2.95. The molecule has 21 heavy (non-hydrogen) atoms. The van der Waals surface area contributed by atoms with Crippen LogP contribution in [-0.2, 0) is 11.0 Å². The first-order valence-electron chi connectivity index (χ1n) is 7.74. The van der Waals surface area contributed by atoms with Gasteiger partial charge in [0.25, 0.3) is 0 Å². The smallest absolute Gasteiger partial charge is 0.0765 e. The van der Waals surface area contributed by atoms with Crippen molar-refractivity contribution in [2.45, 2.75) is 45.6 Å². The van der Waals surface area contributed by atoms with Gasteiger partial charge in [0.2, 0.25) is 0 Å². The minimum absolute atomic E-state index is 0.0171. The minimum Gasteiger partial charge on any atom is -0.374 e. The lowest BCUT2D eigenvalue weighted by Crippen LogP contribution is -2.55. The fourth-order valence-corrected chi connectivity index (χ4v) is 4.38. The molecule has 0 fully saturated rings. The monoisotopic (exact) mass is 279 g/mol. The minimum atomic E-state index is -0.120. The molecule has 0 saturated carbocycles. The maximum Gasteiger partial charge on any atom is 0.0765 e. The van der Waals surface area contributed by atoms with E-state index in [-0.39, 0.29) is 16.4 Å². The number of hydrogen-bond donors (Lipinski definition) is 1. The van der Waals surface area contributed by atoms with Gasteiger partial charge < -0.3 is 5.32 Å². The zero-order valence-corrected chi connectivity index (χ0v) is 13.7. The third-order valence-electron chi connectivity index (χ3n) is 5.19. The molecule has 1 aliphatic rings. The predicted octanol–water partition coefficient (Wildman–Crippen LogP) is 5.33. The highest BCUT2D eigenvalue weighted by molar-refractivity contribution is 5.66. The van der Waals surface area contributed by atoms with Gasteiger partial charge in [-0.05, 0) is 22.6 Å². The SMILES string of the molecule is CC(C)(C)C1(c2ccccc2)Nc2ccccc2C1(C)C. The van der Waals surface area contributed by atoms with Crippen LogP contribution in [-0.4, -0.2) is 0 Å². The van der Waals surface area contributed by atoms with E-state index in [1.807, 2.05) is 0 Å². The van der Waals surface area contributed by atoms with Gasteiger partial charge in [0.1, 0.15) is 0 Å². The third kappa shape index (κ3) is 1.76. The van der Waals surface area contributed by atoms with Gasteiger partial charge in [-0.25, -0.2) is 0 Å². The molecule has 1 nitrogen and oxygen atoms in total. The number of para-hydroxylation sites is 1. The molecule has 0 aromatic heterocycles. The Balaban J connectivity index is 2.30. The zero-order chi connectivity index (χ0) is 15.3. The topological polar surface area (TPSA) is 12.0 Å². The Morgan fingerprint density at radius 1 is 0.810 bits per heavy atom. The van der Waals surface area contributed by atoms with Crippen molar-refractivity contribution in [3.05, 3.63) is 65.7 Å². The quantitative estimate of drug-likeness (QED) is 0.744. The van der Waals surface area contributed by atoms with Crippen molar-refractivity contribution >= 4 is 5.69 Å². The van der Waals surface area contributed by atoms with Crippen molar-refractivity contribution in [3.63, 3.8) is 0 Å². The predicted molar refractivity (Wildman–Crippen MR) is 90.7 cm³/mol.